The van der Waals surface area contributed by atoms with Crippen LogP contribution in [0.3, 0.4) is 0 Å². The van der Waals surface area contributed by atoms with E-state index in [2.05, 4.69) is 47.9 Å². The molecule has 8 nitrogen and oxygen atoms in total. The number of likely N-dealkylation sites (N-methyl/N-ethyl adjacent to an activating group) is 1. The van der Waals surface area contributed by atoms with Crippen LogP contribution >= 0.6 is 0 Å². The summed E-state index contributed by atoms with van der Waals surface area (Å²) in [7, 11) is 4.03. The highest BCUT2D eigenvalue weighted by molar-refractivity contribution is 5.95. The van der Waals surface area contributed by atoms with Crippen molar-refractivity contribution < 1.29 is 9.59 Å². The summed E-state index contributed by atoms with van der Waals surface area (Å²) in [5.41, 5.74) is 1.37. The van der Waals surface area contributed by atoms with E-state index in [0.29, 0.717) is 36.0 Å². The van der Waals surface area contributed by atoms with Crippen LogP contribution in [-0.4, -0.2) is 83.9 Å². The van der Waals surface area contributed by atoms with Crippen molar-refractivity contribution in [1.29, 1.82) is 0 Å². The van der Waals surface area contributed by atoms with E-state index in [9.17, 15) is 9.59 Å². The standard InChI is InChI=1S/C28H42N6O2/c1-7-8-9-11-21(2)18-30-26(35)23-12-10-13-25-31-22(19-34(23)25)27(36)33(17-16-32(5)6)24-14-15-29-20-28(24,3)4/h7-10,12-13,19,21,24,29H,1,11,14-18,20H2,2-6H3,(H,30,35)/b9-8-. The van der Waals surface area contributed by atoms with Gasteiger partial charge in [-0.2, -0.15) is 0 Å². The summed E-state index contributed by atoms with van der Waals surface area (Å²) in [6.45, 7) is 13.9. The third-order valence-electron chi connectivity index (χ3n) is 6.87. The summed E-state index contributed by atoms with van der Waals surface area (Å²) >= 11 is 0. The number of hydrogen-bond acceptors (Lipinski definition) is 5. The average Bonchev–Trinajstić information content (AvgIpc) is 3.27. The van der Waals surface area contributed by atoms with Gasteiger partial charge in [0.25, 0.3) is 11.8 Å². The van der Waals surface area contributed by atoms with E-state index >= 15 is 0 Å². The first-order chi connectivity index (χ1) is 17.1. The third-order valence-corrected chi connectivity index (χ3v) is 6.87. The second-order valence-electron chi connectivity index (χ2n) is 10.8. The molecule has 2 unspecified atom stereocenters. The van der Waals surface area contributed by atoms with Crippen molar-refractivity contribution in [2.45, 2.75) is 39.7 Å². The summed E-state index contributed by atoms with van der Waals surface area (Å²) < 4.78 is 1.72. The van der Waals surface area contributed by atoms with Crippen molar-refractivity contribution in [2.24, 2.45) is 11.3 Å². The molecule has 2 amide bonds. The van der Waals surface area contributed by atoms with E-state index in [1.54, 1.807) is 22.7 Å². The Kier molecular flexibility index (Phi) is 9.45. The van der Waals surface area contributed by atoms with Crippen LogP contribution in [0.25, 0.3) is 5.65 Å². The third kappa shape index (κ3) is 6.83. The maximum absolute atomic E-state index is 13.8. The van der Waals surface area contributed by atoms with Gasteiger partial charge in [-0.05, 0) is 56.9 Å². The number of carbonyl (C=O) groups excluding carboxylic acids is 2. The van der Waals surface area contributed by atoms with Gasteiger partial charge < -0.3 is 20.4 Å². The van der Waals surface area contributed by atoms with Crippen LogP contribution in [-0.2, 0) is 0 Å². The van der Waals surface area contributed by atoms with Crippen LogP contribution in [0.15, 0.2) is 49.2 Å². The minimum Gasteiger partial charge on any atom is -0.350 e. The van der Waals surface area contributed by atoms with Crippen molar-refractivity contribution in [3.8, 4) is 0 Å². The first-order valence-corrected chi connectivity index (χ1v) is 12.8. The molecule has 0 bridgehead atoms. The van der Waals surface area contributed by atoms with Crippen LogP contribution in [0.2, 0.25) is 0 Å². The van der Waals surface area contributed by atoms with E-state index in [4.69, 9.17) is 0 Å². The number of nitrogens with zero attached hydrogens (tertiary/aromatic N) is 4. The van der Waals surface area contributed by atoms with Crippen molar-refractivity contribution in [2.75, 3.05) is 46.8 Å². The average molecular weight is 495 g/mol. The molecule has 2 aromatic heterocycles. The summed E-state index contributed by atoms with van der Waals surface area (Å²) in [5.74, 6) is 0.0258. The van der Waals surface area contributed by atoms with Crippen LogP contribution in [0, 0.1) is 11.3 Å². The van der Waals surface area contributed by atoms with Crippen LogP contribution in [0.5, 0.6) is 0 Å². The lowest BCUT2D eigenvalue weighted by Gasteiger charge is -2.45. The van der Waals surface area contributed by atoms with E-state index in [1.165, 1.54) is 0 Å². The first kappa shape index (κ1) is 27.6. The summed E-state index contributed by atoms with van der Waals surface area (Å²) in [6.07, 6.45) is 9.17. The number of fused-ring (bicyclic) bond motifs is 1. The van der Waals surface area contributed by atoms with Gasteiger partial charge in [0.05, 0.1) is 0 Å². The number of allylic oxidation sites excluding steroid dienone is 3. The Hall–Kier alpha value is -2.97. The molecule has 8 heteroatoms. The zero-order valence-corrected chi connectivity index (χ0v) is 22.5. The molecule has 0 aromatic carbocycles. The highest BCUT2D eigenvalue weighted by atomic mass is 16.2. The topological polar surface area (TPSA) is 82.0 Å². The number of imidazole rings is 1. The van der Waals surface area contributed by atoms with Gasteiger partial charge in [-0.25, -0.2) is 4.98 Å². The number of amides is 2. The quantitative estimate of drug-likeness (QED) is 0.469. The molecule has 1 aliphatic heterocycles. The van der Waals surface area contributed by atoms with Crippen LogP contribution < -0.4 is 10.6 Å². The van der Waals surface area contributed by atoms with Gasteiger partial charge >= 0.3 is 0 Å². The molecule has 0 saturated carbocycles. The Morgan fingerprint density at radius 2 is 2.11 bits per heavy atom. The predicted molar refractivity (Wildman–Crippen MR) is 145 cm³/mol. The number of piperidine rings is 1. The lowest BCUT2D eigenvalue weighted by molar-refractivity contribution is 0.0363. The van der Waals surface area contributed by atoms with E-state index in [-0.39, 0.29) is 23.3 Å². The van der Waals surface area contributed by atoms with Crippen LogP contribution in [0.4, 0.5) is 0 Å². The molecule has 196 valence electrons. The summed E-state index contributed by atoms with van der Waals surface area (Å²) in [5, 5.41) is 6.48. The number of aromatic nitrogens is 2. The minimum absolute atomic E-state index is 0.0536. The molecule has 3 heterocycles. The van der Waals surface area contributed by atoms with Gasteiger partial charge in [0.1, 0.15) is 17.0 Å². The maximum atomic E-state index is 13.8. The normalized spacial score (nSPS) is 18.4. The second kappa shape index (κ2) is 12.3. The smallest absolute Gasteiger partial charge is 0.274 e. The highest BCUT2D eigenvalue weighted by Crippen LogP contribution is 2.30. The monoisotopic (exact) mass is 494 g/mol. The van der Waals surface area contributed by atoms with Crippen molar-refractivity contribution in [3.63, 3.8) is 0 Å². The Morgan fingerprint density at radius 1 is 1.33 bits per heavy atom. The fourth-order valence-corrected chi connectivity index (χ4v) is 4.74. The molecule has 1 saturated heterocycles. The lowest BCUT2D eigenvalue weighted by atomic mass is 9.79. The second-order valence-corrected chi connectivity index (χ2v) is 10.8. The molecule has 1 fully saturated rings. The SMILES string of the molecule is C=C/C=C\CC(C)CNC(=O)c1cccc2nc(C(=O)N(CCN(C)C)C3CCNCC3(C)C)cn12. The van der Waals surface area contributed by atoms with Gasteiger partial charge in [-0.1, -0.05) is 51.6 Å². The van der Waals surface area contributed by atoms with E-state index in [0.717, 1.165) is 32.5 Å². The molecule has 0 aliphatic carbocycles. The Labute approximate surface area is 215 Å². The van der Waals surface area contributed by atoms with Gasteiger partial charge in [0.2, 0.25) is 0 Å². The molecular weight excluding hydrogens is 452 g/mol. The molecule has 0 radical (unpaired) electrons. The Morgan fingerprint density at radius 3 is 2.81 bits per heavy atom. The van der Waals surface area contributed by atoms with Gasteiger partial charge in [0.15, 0.2) is 0 Å². The molecule has 2 N–H and O–H groups in total. The van der Waals surface area contributed by atoms with Crippen molar-refractivity contribution in [1.82, 2.24) is 29.8 Å². The molecule has 3 rings (SSSR count). The predicted octanol–water partition coefficient (Wildman–Crippen LogP) is 3.22. The molecule has 36 heavy (non-hydrogen) atoms. The van der Waals surface area contributed by atoms with Gasteiger partial charge in [0, 0.05) is 38.4 Å². The lowest BCUT2D eigenvalue weighted by Crippen LogP contribution is -2.57. The molecule has 0 spiro atoms. The fraction of sp³-hybridized carbons (Fsp3) is 0.536. The maximum Gasteiger partial charge on any atom is 0.274 e. The molecule has 2 atom stereocenters. The highest BCUT2D eigenvalue weighted by Gasteiger charge is 2.39. The van der Waals surface area contributed by atoms with Gasteiger partial charge in [-0.3, -0.25) is 14.0 Å². The Bertz CT molecular complexity index is 1090. The molecular formula is C28H42N6O2. The molecule has 2 aromatic rings. The number of nitrogens with one attached hydrogen (secondary N) is 2. The zero-order valence-electron chi connectivity index (χ0n) is 22.5. The van der Waals surface area contributed by atoms with E-state index < -0.39 is 0 Å². The number of pyridine rings is 1. The largest absolute Gasteiger partial charge is 0.350 e. The summed E-state index contributed by atoms with van der Waals surface area (Å²) in [6, 6.07) is 5.51. The van der Waals surface area contributed by atoms with Crippen molar-refractivity contribution in [3.05, 3.63) is 60.6 Å². The van der Waals surface area contributed by atoms with E-state index in [1.807, 2.05) is 43.3 Å². The number of carbonyl (C=O) groups is 2. The van der Waals surface area contributed by atoms with Crippen molar-refractivity contribution >= 4 is 17.5 Å². The fourth-order valence-electron chi connectivity index (χ4n) is 4.74. The number of hydrogen-bond donors (Lipinski definition) is 2. The van der Waals surface area contributed by atoms with Crippen LogP contribution in [0.1, 0.15) is 54.6 Å². The number of rotatable bonds is 11. The summed E-state index contributed by atoms with van der Waals surface area (Å²) in [4.78, 5) is 35.6. The van der Waals surface area contributed by atoms with Gasteiger partial charge in [-0.15, -0.1) is 0 Å². The first-order valence-electron chi connectivity index (χ1n) is 12.8. The minimum atomic E-state index is -0.180. The Balaban J connectivity index is 1.83. The zero-order chi connectivity index (χ0) is 26.3. The molecule has 1 aliphatic rings.